The Hall–Kier alpha value is -3.03. The standard InChI is InChI=1S/C21H25N3O4S.C2HF3O2/c1-14-6-15(2)8-18(7-14)29(26,27)24-11-19-17(13-28-20(19)12-24)10-23-21(25)16-4-3-5-22-9-16;3-2(4,5)1(6)7/h3-9,17,19-20H,10-13H2,1-2H3,(H,23,25);(H,6,7)/t17-,19+,20+;/m0./s1. The molecule has 9 nitrogen and oxygen atoms in total. The van der Waals surface area contributed by atoms with Gasteiger partial charge in [0.15, 0.2) is 0 Å². The molecule has 2 aliphatic heterocycles. The van der Waals surface area contributed by atoms with Crippen molar-refractivity contribution in [3.63, 3.8) is 0 Å². The maximum atomic E-state index is 13.1. The van der Waals surface area contributed by atoms with Crippen molar-refractivity contribution in [2.24, 2.45) is 11.8 Å². The van der Waals surface area contributed by atoms with Crippen molar-refractivity contribution >= 4 is 21.9 Å². The summed E-state index contributed by atoms with van der Waals surface area (Å²) < 4.78 is 65.4. The minimum Gasteiger partial charge on any atom is -0.475 e. The Balaban J connectivity index is 0.000000454. The van der Waals surface area contributed by atoms with E-state index in [0.29, 0.717) is 36.7 Å². The maximum Gasteiger partial charge on any atom is 0.490 e. The summed E-state index contributed by atoms with van der Waals surface area (Å²) in [5, 5.41) is 10.1. The molecule has 196 valence electrons. The molecule has 3 atom stereocenters. The van der Waals surface area contributed by atoms with Crippen LogP contribution in [0.4, 0.5) is 13.2 Å². The van der Waals surface area contributed by atoms with Crippen molar-refractivity contribution in [2.75, 3.05) is 26.2 Å². The van der Waals surface area contributed by atoms with Gasteiger partial charge in [0.2, 0.25) is 10.0 Å². The molecule has 2 aliphatic rings. The van der Waals surface area contributed by atoms with Crippen molar-refractivity contribution in [1.82, 2.24) is 14.6 Å². The number of benzene rings is 1. The predicted octanol–water partition coefficient (Wildman–Crippen LogP) is 2.40. The number of ether oxygens (including phenoxy) is 1. The number of nitrogens with one attached hydrogen (secondary N) is 1. The number of fused-ring (bicyclic) bond motifs is 1. The number of hydrogen-bond donors (Lipinski definition) is 2. The summed E-state index contributed by atoms with van der Waals surface area (Å²) >= 11 is 0. The highest BCUT2D eigenvalue weighted by atomic mass is 32.2. The lowest BCUT2D eigenvalue weighted by atomic mass is 9.93. The number of aliphatic carboxylic acids is 1. The summed E-state index contributed by atoms with van der Waals surface area (Å²) in [7, 11) is -3.57. The summed E-state index contributed by atoms with van der Waals surface area (Å²) in [6, 6.07) is 8.81. The molecule has 2 saturated heterocycles. The normalized spacial score (nSPS) is 21.9. The fourth-order valence-electron chi connectivity index (χ4n) is 4.22. The van der Waals surface area contributed by atoms with Crippen molar-refractivity contribution in [3.8, 4) is 0 Å². The smallest absolute Gasteiger partial charge is 0.475 e. The molecule has 1 aromatic carbocycles. The van der Waals surface area contributed by atoms with E-state index in [0.717, 1.165) is 11.1 Å². The first-order valence-corrected chi connectivity index (χ1v) is 12.4. The van der Waals surface area contributed by atoms with E-state index in [9.17, 15) is 26.4 Å². The molecule has 2 aromatic rings. The van der Waals surface area contributed by atoms with Gasteiger partial charge < -0.3 is 15.2 Å². The molecule has 2 N–H and O–H groups in total. The molecule has 2 fully saturated rings. The van der Waals surface area contributed by atoms with Gasteiger partial charge in [0.25, 0.3) is 5.91 Å². The third-order valence-corrected chi connectivity index (χ3v) is 7.74. The summed E-state index contributed by atoms with van der Waals surface area (Å²) in [6.45, 7) is 5.54. The highest BCUT2D eigenvalue weighted by Crippen LogP contribution is 2.36. The summed E-state index contributed by atoms with van der Waals surface area (Å²) in [6.07, 6.45) is -2.07. The first-order valence-electron chi connectivity index (χ1n) is 11.0. The topological polar surface area (TPSA) is 126 Å². The monoisotopic (exact) mass is 529 g/mol. The Morgan fingerprint density at radius 2 is 1.83 bits per heavy atom. The van der Waals surface area contributed by atoms with E-state index in [1.54, 1.807) is 30.5 Å². The van der Waals surface area contributed by atoms with Gasteiger partial charge in [-0.25, -0.2) is 13.2 Å². The van der Waals surface area contributed by atoms with Gasteiger partial charge in [-0.3, -0.25) is 9.78 Å². The van der Waals surface area contributed by atoms with Gasteiger partial charge in [0, 0.05) is 43.9 Å². The lowest BCUT2D eigenvalue weighted by molar-refractivity contribution is -0.192. The molecule has 13 heteroatoms. The molecule has 0 spiro atoms. The zero-order valence-corrected chi connectivity index (χ0v) is 20.3. The zero-order chi connectivity index (χ0) is 26.7. The molecule has 36 heavy (non-hydrogen) atoms. The molecule has 0 radical (unpaired) electrons. The Morgan fingerprint density at radius 1 is 1.19 bits per heavy atom. The number of sulfonamides is 1. The average Bonchev–Trinajstić information content (AvgIpc) is 3.39. The second-order valence-electron chi connectivity index (χ2n) is 8.70. The summed E-state index contributed by atoms with van der Waals surface area (Å²) in [5.74, 6) is -2.78. The second-order valence-corrected chi connectivity index (χ2v) is 10.6. The second kappa shape index (κ2) is 10.9. The van der Waals surface area contributed by atoms with Gasteiger partial charge in [-0.1, -0.05) is 6.07 Å². The minimum absolute atomic E-state index is 0.0740. The van der Waals surface area contributed by atoms with Crippen LogP contribution in [0.5, 0.6) is 0 Å². The number of pyridine rings is 1. The van der Waals surface area contributed by atoms with Crippen LogP contribution in [-0.2, 0) is 19.6 Å². The van der Waals surface area contributed by atoms with Gasteiger partial charge in [0.1, 0.15) is 0 Å². The molecule has 0 unspecified atom stereocenters. The van der Waals surface area contributed by atoms with E-state index in [1.165, 1.54) is 10.5 Å². The van der Waals surface area contributed by atoms with E-state index < -0.39 is 22.2 Å². The number of hydrogen-bond acceptors (Lipinski definition) is 6. The van der Waals surface area contributed by atoms with Gasteiger partial charge in [-0.2, -0.15) is 17.5 Å². The van der Waals surface area contributed by atoms with Crippen LogP contribution in [0.2, 0.25) is 0 Å². The minimum atomic E-state index is -5.08. The van der Waals surface area contributed by atoms with E-state index in [-0.39, 0.29) is 23.8 Å². The third kappa shape index (κ3) is 6.59. The number of carboxylic acids is 1. The van der Waals surface area contributed by atoms with Crippen LogP contribution in [0.25, 0.3) is 0 Å². The Labute approximate surface area is 206 Å². The number of carbonyl (C=O) groups excluding carboxylic acids is 1. The SMILES string of the molecule is Cc1cc(C)cc(S(=O)(=O)N2C[C@@H]3[C@@H](CNC(=O)c4cccnc4)CO[C@@H]3C2)c1.O=C(O)C(F)(F)F. The molecule has 4 rings (SSSR count). The van der Waals surface area contributed by atoms with Crippen LogP contribution in [0.1, 0.15) is 21.5 Å². The van der Waals surface area contributed by atoms with Gasteiger partial charge >= 0.3 is 12.1 Å². The molecule has 0 saturated carbocycles. The van der Waals surface area contributed by atoms with E-state index in [4.69, 9.17) is 14.6 Å². The van der Waals surface area contributed by atoms with Gasteiger partial charge in [-0.15, -0.1) is 0 Å². The predicted molar refractivity (Wildman–Crippen MR) is 122 cm³/mol. The number of alkyl halides is 3. The number of rotatable bonds is 5. The number of aromatic nitrogens is 1. The fourth-order valence-corrected chi connectivity index (χ4v) is 5.90. The van der Waals surface area contributed by atoms with Crippen LogP contribution in [-0.4, -0.2) is 73.2 Å². The van der Waals surface area contributed by atoms with Crippen molar-refractivity contribution in [2.45, 2.75) is 31.0 Å². The van der Waals surface area contributed by atoms with Gasteiger partial charge in [-0.05, 0) is 49.2 Å². The molecule has 0 bridgehead atoms. The molecule has 1 amide bonds. The van der Waals surface area contributed by atoms with Crippen LogP contribution < -0.4 is 5.32 Å². The number of amides is 1. The molecule has 0 aliphatic carbocycles. The Bertz CT molecular complexity index is 1190. The summed E-state index contributed by atoms with van der Waals surface area (Å²) in [4.78, 5) is 25.5. The Kier molecular flexibility index (Phi) is 8.37. The largest absolute Gasteiger partial charge is 0.490 e. The molecule has 1 aromatic heterocycles. The quantitative estimate of drug-likeness (QED) is 0.609. The van der Waals surface area contributed by atoms with Crippen LogP contribution >= 0.6 is 0 Å². The fraction of sp³-hybridized carbons (Fsp3) is 0.435. The summed E-state index contributed by atoms with van der Waals surface area (Å²) in [5.41, 5.74) is 2.36. The van der Waals surface area contributed by atoms with E-state index in [2.05, 4.69) is 10.3 Å². The number of halogens is 3. The first kappa shape index (κ1) is 27.6. The van der Waals surface area contributed by atoms with Crippen LogP contribution in [0.3, 0.4) is 0 Å². The van der Waals surface area contributed by atoms with Crippen LogP contribution in [0, 0.1) is 25.7 Å². The average molecular weight is 530 g/mol. The van der Waals surface area contributed by atoms with E-state index >= 15 is 0 Å². The molecular formula is C23H26F3N3O6S. The highest BCUT2D eigenvalue weighted by molar-refractivity contribution is 7.89. The van der Waals surface area contributed by atoms with Crippen molar-refractivity contribution in [1.29, 1.82) is 0 Å². The number of carbonyl (C=O) groups is 2. The van der Waals surface area contributed by atoms with Crippen molar-refractivity contribution < 1.29 is 41.0 Å². The number of nitrogens with zero attached hydrogens (tertiary/aromatic N) is 2. The Morgan fingerprint density at radius 3 is 2.39 bits per heavy atom. The maximum absolute atomic E-state index is 13.1. The third-order valence-electron chi connectivity index (χ3n) is 5.93. The lowest BCUT2D eigenvalue weighted by Crippen LogP contribution is -2.35. The number of aryl methyl sites for hydroxylation is 2. The van der Waals surface area contributed by atoms with Gasteiger partial charge in [0.05, 0.1) is 23.2 Å². The highest BCUT2D eigenvalue weighted by Gasteiger charge is 2.47. The lowest BCUT2D eigenvalue weighted by Gasteiger charge is -2.20. The molecular weight excluding hydrogens is 503 g/mol. The van der Waals surface area contributed by atoms with Crippen molar-refractivity contribution in [3.05, 3.63) is 59.4 Å². The van der Waals surface area contributed by atoms with Crippen LogP contribution in [0.15, 0.2) is 47.6 Å². The number of carboxylic acid groups (broad SMARTS) is 1. The zero-order valence-electron chi connectivity index (χ0n) is 19.5. The first-order chi connectivity index (χ1) is 16.8. The van der Waals surface area contributed by atoms with E-state index in [1.807, 2.05) is 19.9 Å². The molecule has 3 heterocycles.